The number of H-pyrrole nitrogens is 1. The van der Waals surface area contributed by atoms with Gasteiger partial charge in [-0.05, 0) is 12.8 Å². The molecule has 0 radical (unpaired) electrons. The fourth-order valence-corrected chi connectivity index (χ4v) is 2.26. The monoisotopic (exact) mass is 288 g/mol. The van der Waals surface area contributed by atoms with Gasteiger partial charge in [-0.15, -0.1) is 0 Å². The molecule has 8 heteroatoms. The Morgan fingerprint density at radius 1 is 1.58 bits per heavy atom. The van der Waals surface area contributed by atoms with E-state index in [2.05, 4.69) is 15.3 Å². The number of nitrogens with two attached hydrogens (primary N) is 1. The highest BCUT2D eigenvalue weighted by Gasteiger charge is 2.20. The van der Waals surface area contributed by atoms with E-state index >= 15 is 0 Å². The lowest BCUT2D eigenvalue weighted by Crippen LogP contribution is -2.43. The summed E-state index contributed by atoms with van der Waals surface area (Å²) in [6.45, 7) is 1.91. The predicted molar refractivity (Wildman–Crippen MR) is 72.1 cm³/mol. The zero-order chi connectivity index (χ0) is 14.5. The van der Waals surface area contributed by atoms with Gasteiger partial charge < -0.3 is 16.0 Å². The molecule has 4 N–H and O–H groups in total. The van der Waals surface area contributed by atoms with Gasteiger partial charge in [0.05, 0.1) is 17.8 Å². The smallest absolute Gasteiger partial charge is 0.237 e. The Balaban J connectivity index is 2.53. The highest BCUT2D eigenvalue weighted by Crippen LogP contribution is 2.11. The lowest BCUT2D eigenvalue weighted by molar-refractivity contribution is -0.123. The average Bonchev–Trinajstić information content (AvgIpc) is 2.85. The molecule has 0 aliphatic carbocycles. The predicted octanol–water partition coefficient (Wildman–Crippen LogP) is -0.261. The number of imidazole rings is 1. The molecule has 19 heavy (non-hydrogen) atoms. The van der Waals surface area contributed by atoms with Gasteiger partial charge in [0.25, 0.3) is 0 Å². The Kier molecular flexibility index (Phi) is 5.49. The molecule has 2 atom stereocenters. The Labute approximate surface area is 112 Å². The second-order valence-corrected chi connectivity index (χ2v) is 6.73. The molecule has 0 aliphatic rings. The topological polar surface area (TPSA) is 118 Å². The van der Waals surface area contributed by atoms with E-state index in [1.54, 1.807) is 12.4 Å². The van der Waals surface area contributed by atoms with Gasteiger partial charge in [-0.25, -0.2) is 13.4 Å². The Morgan fingerprint density at radius 2 is 2.26 bits per heavy atom. The number of hydrogen-bond donors (Lipinski definition) is 3. The highest BCUT2D eigenvalue weighted by molar-refractivity contribution is 7.90. The van der Waals surface area contributed by atoms with Gasteiger partial charge in [-0.1, -0.05) is 6.92 Å². The molecule has 0 bridgehead atoms. The molecular formula is C11H20N4O3S. The third kappa shape index (κ3) is 5.39. The Hall–Kier alpha value is -1.41. The summed E-state index contributed by atoms with van der Waals surface area (Å²) in [4.78, 5) is 18.9. The van der Waals surface area contributed by atoms with Gasteiger partial charge in [0.15, 0.2) is 0 Å². The van der Waals surface area contributed by atoms with E-state index in [0.717, 1.165) is 6.26 Å². The molecule has 2 unspecified atom stereocenters. The van der Waals surface area contributed by atoms with Crippen molar-refractivity contribution in [2.45, 2.75) is 31.8 Å². The lowest BCUT2D eigenvalue weighted by Gasteiger charge is -2.18. The van der Waals surface area contributed by atoms with Gasteiger partial charge in [0.1, 0.15) is 15.7 Å². The van der Waals surface area contributed by atoms with Crippen molar-refractivity contribution >= 4 is 15.7 Å². The van der Waals surface area contributed by atoms with Crippen molar-refractivity contribution in [3.63, 3.8) is 0 Å². The molecule has 108 valence electrons. The van der Waals surface area contributed by atoms with Crippen LogP contribution in [-0.2, 0) is 14.6 Å². The number of sulfone groups is 1. The van der Waals surface area contributed by atoms with Crippen LogP contribution >= 0.6 is 0 Å². The zero-order valence-electron chi connectivity index (χ0n) is 11.1. The van der Waals surface area contributed by atoms with Gasteiger partial charge in [-0.3, -0.25) is 4.79 Å². The molecule has 1 heterocycles. The number of hydrogen-bond acceptors (Lipinski definition) is 5. The average molecular weight is 288 g/mol. The van der Waals surface area contributed by atoms with Crippen molar-refractivity contribution in [3.05, 3.63) is 18.2 Å². The molecular weight excluding hydrogens is 268 g/mol. The number of aromatic nitrogens is 2. The van der Waals surface area contributed by atoms with E-state index in [4.69, 9.17) is 5.73 Å². The molecule has 0 saturated carbocycles. The van der Waals surface area contributed by atoms with Crippen molar-refractivity contribution in [2.75, 3.05) is 12.0 Å². The normalized spacial score (nSPS) is 14.9. The summed E-state index contributed by atoms with van der Waals surface area (Å²) in [7, 11) is -3.11. The molecule has 0 saturated heterocycles. The minimum Gasteiger partial charge on any atom is -0.347 e. The fourth-order valence-electron chi connectivity index (χ4n) is 1.58. The first-order valence-electron chi connectivity index (χ1n) is 6.06. The summed E-state index contributed by atoms with van der Waals surface area (Å²) < 4.78 is 22.0. The van der Waals surface area contributed by atoms with Crippen molar-refractivity contribution in [1.82, 2.24) is 15.3 Å². The summed E-state index contributed by atoms with van der Waals surface area (Å²) in [6, 6.07) is -1.08. The van der Waals surface area contributed by atoms with Gasteiger partial charge >= 0.3 is 0 Å². The minimum absolute atomic E-state index is 0.0981. The molecule has 0 fully saturated rings. The van der Waals surface area contributed by atoms with Gasteiger partial charge in [-0.2, -0.15) is 0 Å². The van der Waals surface area contributed by atoms with Crippen LogP contribution in [0, 0.1) is 0 Å². The van der Waals surface area contributed by atoms with Crippen molar-refractivity contribution in [3.8, 4) is 0 Å². The molecule has 1 rings (SSSR count). The van der Waals surface area contributed by atoms with Crippen LogP contribution in [0.2, 0.25) is 0 Å². The molecule has 0 aliphatic heterocycles. The van der Waals surface area contributed by atoms with E-state index in [9.17, 15) is 13.2 Å². The quantitative estimate of drug-likeness (QED) is 0.639. The van der Waals surface area contributed by atoms with Crippen molar-refractivity contribution < 1.29 is 13.2 Å². The second-order valence-electron chi connectivity index (χ2n) is 4.47. The van der Waals surface area contributed by atoms with Crippen LogP contribution in [0.3, 0.4) is 0 Å². The number of aromatic amines is 1. The fraction of sp³-hybridized carbons (Fsp3) is 0.636. The van der Waals surface area contributed by atoms with Crippen LogP contribution in [0.4, 0.5) is 0 Å². The van der Waals surface area contributed by atoms with Gasteiger partial charge in [0.2, 0.25) is 5.91 Å². The van der Waals surface area contributed by atoms with Crippen molar-refractivity contribution in [1.29, 1.82) is 0 Å². The second kappa shape index (κ2) is 6.67. The number of carbonyl (C=O) groups excluding carboxylic acids is 1. The summed E-state index contributed by atoms with van der Waals surface area (Å²) in [6.07, 6.45) is 5.17. The van der Waals surface area contributed by atoms with Crippen LogP contribution in [0.15, 0.2) is 12.4 Å². The zero-order valence-corrected chi connectivity index (χ0v) is 11.9. The van der Waals surface area contributed by atoms with Gasteiger partial charge in [0, 0.05) is 18.6 Å². The van der Waals surface area contributed by atoms with E-state index in [-0.39, 0.29) is 24.1 Å². The third-order valence-corrected chi connectivity index (χ3v) is 3.69. The minimum atomic E-state index is -3.11. The summed E-state index contributed by atoms with van der Waals surface area (Å²) in [5.74, 6) is 0.192. The van der Waals surface area contributed by atoms with Crippen LogP contribution in [0.5, 0.6) is 0 Å². The summed E-state index contributed by atoms with van der Waals surface area (Å²) in [5.41, 5.74) is 5.67. The SMILES string of the molecule is CCC(NC(=O)C(N)CCS(C)(=O)=O)c1ncc[nH]1. The van der Waals surface area contributed by atoms with Crippen LogP contribution < -0.4 is 11.1 Å². The molecule has 7 nitrogen and oxygen atoms in total. The molecule has 1 aromatic heterocycles. The van der Waals surface area contributed by atoms with E-state index in [0.29, 0.717) is 12.2 Å². The molecule has 0 aromatic carbocycles. The number of nitrogens with one attached hydrogen (secondary N) is 2. The maximum atomic E-state index is 11.9. The Morgan fingerprint density at radius 3 is 2.74 bits per heavy atom. The summed E-state index contributed by atoms with van der Waals surface area (Å²) in [5, 5.41) is 2.75. The first-order chi connectivity index (χ1) is 8.83. The largest absolute Gasteiger partial charge is 0.347 e. The van der Waals surface area contributed by atoms with E-state index in [1.807, 2.05) is 6.92 Å². The van der Waals surface area contributed by atoms with Crippen LogP contribution in [-0.4, -0.2) is 42.3 Å². The molecule has 0 spiro atoms. The lowest BCUT2D eigenvalue weighted by atomic mass is 10.1. The van der Waals surface area contributed by atoms with Crippen molar-refractivity contribution in [2.24, 2.45) is 5.73 Å². The molecule has 1 aromatic rings. The first kappa shape index (κ1) is 15.6. The van der Waals surface area contributed by atoms with E-state index < -0.39 is 15.9 Å². The standard InChI is InChI=1S/C11H20N4O3S/c1-3-9(10-13-5-6-14-10)15-11(16)8(12)4-7-19(2,17)18/h5-6,8-9H,3-4,7,12H2,1-2H3,(H,13,14)(H,15,16). The summed E-state index contributed by atoms with van der Waals surface area (Å²) >= 11 is 0. The number of nitrogens with zero attached hydrogens (tertiary/aromatic N) is 1. The third-order valence-electron chi connectivity index (χ3n) is 2.71. The number of amides is 1. The number of carbonyl (C=O) groups is 1. The molecule has 1 amide bonds. The number of rotatable bonds is 7. The highest BCUT2D eigenvalue weighted by atomic mass is 32.2. The van der Waals surface area contributed by atoms with Crippen LogP contribution in [0.1, 0.15) is 31.6 Å². The maximum Gasteiger partial charge on any atom is 0.237 e. The first-order valence-corrected chi connectivity index (χ1v) is 8.12. The maximum absolute atomic E-state index is 11.9. The Bertz CT molecular complexity index is 498. The van der Waals surface area contributed by atoms with Crippen LogP contribution in [0.25, 0.3) is 0 Å². The van der Waals surface area contributed by atoms with E-state index in [1.165, 1.54) is 0 Å².